The van der Waals surface area contributed by atoms with Crippen molar-refractivity contribution in [2.75, 3.05) is 0 Å². The van der Waals surface area contributed by atoms with E-state index in [0.717, 1.165) is 27.3 Å². The Balaban J connectivity index is 1.52. The first kappa shape index (κ1) is 14.6. The van der Waals surface area contributed by atoms with E-state index in [4.69, 9.17) is 4.42 Å². The van der Waals surface area contributed by atoms with Crippen LogP contribution in [0.4, 0.5) is 0 Å². The van der Waals surface area contributed by atoms with Gasteiger partial charge in [-0.05, 0) is 42.8 Å². The molecular weight excluding hydrogens is 324 g/mol. The molecule has 1 fully saturated rings. The molecule has 4 rings (SSSR count). The van der Waals surface area contributed by atoms with Crippen molar-refractivity contribution in [2.45, 2.75) is 13.5 Å². The number of aryl methyl sites for hydroxylation is 1. The van der Waals surface area contributed by atoms with Gasteiger partial charge in [-0.25, -0.2) is 9.98 Å². The smallest absolute Gasteiger partial charge is 0.274 e. The fourth-order valence-electron chi connectivity index (χ4n) is 2.43. The molecule has 1 saturated heterocycles. The second kappa shape index (κ2) is 5.93. The topological polar surface area (TPSA) is 79.5 Å². The Kier molecular flexibility index (Phi) is 3.62. The molecule has 1 aliphatic heterocycles. The Hall–Kier alpha value is -2.93. The molecule has 2 aromatic heterocycles. The Morgan fingerprint density at radius 3 is 3.04 bits per heavy atom. The van der Waals surface area contributed by atoms with Gasteiger partial charge in [0.25, 0.3) is 5.91 Å². The molecule has 120 valence electrons. The van der Waals surface area contributed by atoms with E-state index in [1.165, 1.54) is 0 Å². The Morgan fingerprint density at radius 2 is 2.21 bits per heavy atom. The third-order valence-corrected chi connectivity index (χ3v) is 4.38. The number of carbonyl (C=O) groups is 1. The van der Waals surface area contributed by atoms with Gasteiger partial charge >= 0.3 is 0 Å². The molecule has 7 heteroatoms. The van der Waals surface area contributed by atoms with E-state index in [0.29, 0.717) is 18.2 Å². The molecule has 0 aliphatic carbocycles. The van der Waals surface area contributed by atoms with Gasteiger partial charge < -0.3 is 9.73 Å². The summed E-state index contributed by atoms with van der Waals surface area (Å²) in [5.74, 6) is 1.82. The van der Waals surface area contributed by atoms with Crippen LogP contribution >= 0.6 is 11.3 Å². The zero-order valence-corrected chi connectivity index (χ0v) is 13.7. The van der Waals surface area contributed by atoms with Crippen LogP contribution in [0.2, 0.25) is 0 Å². The predicted octanol–water partition coefficient (Wildman–Crippen LogP) is 2.81. The summed E-state index contributed by atoms with van der Waals surface area (Å²) in [6, 6.07) is 9.65. The van der Waals surface area contributed by atoms with Gasteiger partial charge in [-0.1, -0.05) is 6.07 Å². The van der Waals surface area contributed by atoms with Gasteiger partial charge in [0.05, 0.1) is 15.7 Å². The first-order valence-corrected chi connectivity index (χ1v) is 8.28. The van der Waals surface area contributed by atoms with Crippen LogP contribution in [0.15, 0.2) is 50.9 Å². The molecule has 0 bridgehead atoms. The van der Waals surface area contributed by atoms with E-state index in [-0.39, 0.29) is 5.91 Å². The number of thiazole rings is 1. The zero-order chi connectivity index (χ0) is 16.5. The molecule has 1 amide bonds. The van der Waals surface area contributed by atoms with Crippen LogP contribution in [0, 0.1) is 6.92 Å². The molecule has 0 spiro atoms. The number of furan rings is 1. The summed E-state index contributed by atoms with van der Waals surface area (Å²) in [6.45, 7) is 2.25. The average molecular weight is 338 g/mol. The SMILES string of the molecule is Cc1ccc(CN=C2NC(=O)/C(=C/c3ccc4ncsc4c3)N2)o1. The fourth-order valence-corrected chi connectivity index (χ4v) is 3.15. The number of fused-ring (bicyclic) bond motifs is 1. The highest BCUT2D eigenvalue weighted by atomic mass is 32.1. The maximum atomic E-state index is 12.1. The maximum Gasteiger partial charge on any atom is 0.274 e. The number of hydrogen-bond donors (Lipinski definition) is 2. The van der Waals surface area contributed by atoms with Crippen LogP contribution in [0.25, 0.3) is 16.3 Å². The number of amides is 1. The molecule has 0 radical (unpaired) electrons. The van der Waals surface area contributed by atoms with Crippen molar-refractivity contribution in [3.8, 4) is 0 Å². The van der Waals surface area contributed by atoms with Crippen molar-refractivity contribution in [3.63, 3.8) is 0 Å². The maximum absolute atomic E-state index is 12.1. The molecule has 0 atom stereocenters. The molecule has 3 heterocycles. The van der Waals surface area contributed by atoms with Crippen LogP contribution < -0.4 is 10.6 Å². The second-order valence-electron chi connectivity index (χ2n) is 5.39. The molecule has 1 aliphatic rings. The summed E-state index contributed by atoms with van der Waals surface area (Å²) in [4.78, 5) is 20.6. The van der Waals surface area contributed by atoms with E-state index in [1.54, 1.807) is 17.4 Å². The Labute approximate surface area is 141 Å². The van der Waals surface area contributed by atoms with Crippen molar-refractivity contribution in [2.24, 2.45) is 4.99 Å². The van der Waals surface area contributed by atoms with Crippen molar-refractivity contribution >= 4 is 39.5 Å². The number of aliphatic imine (C=N–C) groups is 1. The second-order valence-corrected chi connectivity index (χ2v) is 6.28. The van der Waals surface area contributed by atoms with Crippen molar-refractivity contribution < 1.29 is 9.21 Å². The van der Waals surface area contributed by atoms with Gasteiger partial charge in [0.15, 0.2) is 0 Å². The minimum Gasteiger partial charge on any atom is -0.464 e. The Bertz CT molecular complexity index is 983. The van der Waals surface area contributed by atoms with E-state index in [2.05, 4.69) is 20.6 Å². The highest BCUT2D eigenvalue weighted by Gasteiger charge is 2.21. The van der Waals surface area contributed by atoms with Gasteiger partial charge in [-0.3, -0.25) is 10.1 Å². The molecule has 24 heavy (non-hydrogen) atoms. The normalized spacial score (nSPS) is 17.6. The standard InChI is InChI=1S/C17H14N4O2S/c1-10-2-4-12(23-10)8-18-17-20-14(16(22)21-17)6-11-3-5-13-15(7-11)24-9-19-13/h2-7,9H,8H2,1H3,(H2,18,20,21,22)/b14-6-. The largest absolute Gasteiger partial charge is 0.464 e. The number of nitrogens with one attached hydrogen (secondary N) is 2. The van der Waals surface area contributed by atoms with Crippen LogP contribution in [0.5, 0.6) is 0 Å². The van der Waals surface area contributed by atoms with E-state index in [9.17, 15) is 4.79 Å². The lowest BCUT2D eigenvalue weighted by molar-refractivity contribution is -0.115. The molecule has 2 N–H and O–H groups in total. The quantitative estimate of drug-likeness (QED) is 0.720. The third kappa shape index (κ3) is 2.93. The van der Waals surface area contributed by atoms with Crippen molar-refractivity contribution in [3.05, 3.63) is 58.6 Å². The first-order valence-electron chi connectivity index (χ1n) is 7.40. The van der Waals surface area contributed by atoms with Gasteiger partial charge in [-0.15, -0.1) is 11.3 Å². The van der Waals surface area contributed by atoms with Crippen LogP contribution in [0.3, 0.4) is 0 Å². The summed E-state index contributed by atoms with van der Waals surface area (Å²) < 4.78 is 6.55. The number of rotatable bonds is 3. The molecule has 0 saturated carbocycles. The number of benzene rings is 1. The third-order valence-electron chi connectivity index (χ3n) is 3.58. The molecule has 0 unspecified atom stereocenters. The number of aromatic nitrogens is 1. The number of nitrogens with zero attached hydrogens (tertiary/aromatic N) is 2. The van der Waals surface area contributed by atoms with Gasteiger partial charge in [-0.2, -0.15) is 0 Å². The van der Waals surface area contributed by atoms with Crippen LogP contribution in [-0.4, -0.2) is 16.9 Å². The van der Waals surface area contributed by atoms with Crippen molar-refractivity contribution in [1.82, 2.24) is 15.6 Å². The number of carbonyl (C=O) groups excluding carboxylic acids is 1. The summed E-state index contributed by atoms with van der Waals surface area (Å²) >= 11 is 1.57. The molecule has 6 nitrogen and oxygen atoms in total. The summed E-state index contributed by atoms with van der Waals surface area (Å²) in [6.07, 6.45) is 1.80. The predicted molar refractivity (Wildman–Crippen MR) is 93.5 cm³/mol. The molecular formula is C17H14N4O2S. The molecule has 3 aromatic rings. The van der Waals surface area contributed by atoms with Gasteiger partial charge in [0.1, 0.15) is 23.8 Å². The minimum atomic E-state index is -0.200. The van der Waals surface area contributed by atoms with Crippen LogP contribution in [0.1, 0.15) is 17.1 Å². The Morgan fingerprint density at radius 1 is 1.29 bits per heavy atom. The highest BCUT2D eigenvalue weighted by Crippen LogP contribution is 2.20. The lowest BCUT2D eigenvalue weighted by Crippen LogP contribution is -2.25. The highest BCUT2D eigenvalue weighted by molar-refractivity contribution is 7.16. The first-order chi connectivity index (χ1) is 11.7. The minimum absolute atomic E-state index is 0.200. The van der Waals surface area contributed by atoms with E-state index < -0.39 is 0 Å². The molecule has 1 aromatic carbocycles. The summed E-state index contributed by atoms with van der Waals surface area (Å²) in [5.41, 5.74) is 4.17. The van der Waals surface area contributed by atoms with Crippen molar-refractivity contribution in [1.29, 1.82) is 0 Å². The van der Waals surface area contributed by atoms with Gasteiger partial charge in [0, 0.05) is 0 Å². The van der Waals surface area contributed by atoms with E-state index >= 15 is 0 Å². The summed E-state index contributed by atoms with van der Waals surface area (Å²) in [5, 5.41) is 5.72. The number of hydrogen-bond acceptors (Lipinski definition) is 5. The lowest BCUT2D eigenvalue weighted by Gasteiger charge is -1.98. The van der Waals surface area contributed by atoms with Crippen LogP contribution in [-0.2, 0) is 11.3 Å². The average Bonchev–Trinajstić information content (AvgIpc) is 3.26. The number of guanidine groups is 1. The van der Waals surface area contributed by atoms with E-state index in [1.807, 2.05) is 42.8 Å². The monoisotopic (exact) mass is 338 g/mol. The summed E-state index contributed by atoms with van der Waals surface area (Å²) in [7, 11) is 0. The zero-order valence-electron chi connectivity index (χ0n) is 12.9. The van der Waals surface area contributed by atoms with Gasteiger partial charge in [0.2, 0.25) is 5.96 Å². The lowest BCUT2D eigenvalue weighted by atomic mass is 10.2. The fraction of sp³-hybridized carbons (Fsp3) is 0.118.